The zero-order valence-electron chi connectivity index (χ0n) is 11.5. The SMILES string of the molecule is CCOC(=O)C1(c2ccccc2)CC1c1ccccn1. The highest BCUT2D eigenvalue weighted by Gasteiger charge is 2.63. The van der Waals surface area contributed by atoms with Gasteiger partial charge in [0.15, 0.2) is 0 Å². The smallest absolute Gasteiger partial charge is 0.317 e. The Morgan fingerprint density at radius 1 is 1.25 bits per heavy atom. The standard InChI is InChI=1S/C17H17NO2/c1-2-20-16(19)17(13-8-4-3-5-9-13)12-14(17)15-10-6-7-11-18-15/h3-11,14H,2,12H2,1H3. The second-order valence-corrected chi connectivity index (χ2v) is 5.07. The van der Waals surface area contributed by atoms with Crippen LogP contribution in [0.2, 0.25) is 0 Å². The lowest BCUT2D eigenvalue weighted by atomic mass is 9.92. The fourth-order valence-electron chi connectivity index (χ4n) is 2.86. The van der Waals surface area contributed by atoms with E-state index in [-0.39, 0.29) is 11.9 Å². The van der Waals surface area contributed by atoms with Crippen molar-refractivity contribution in [3.05, 3.63) is 66.0 Å². The summed E-state index contributed by atoms with van der Waals surface area (Å²) in [4.78, 5) is 16.9. The molecular formula is C17H17NO2. The van der Waals surface area contributed by atoms with Gasteiger partial charge >= 0.3 is 5.97 Å². The highest BCUT2D eigenvalue weighted by molar-refractivity contribution is 5.89. The Morgan fingerprint density at radius 2 is 2.00 bits per heavy atom. The van der Waals surface area contributed by atoms with E-state index in [9.17, 15) is 4.79 Å². The van der Waals surface area contributed by atoms with Crippen molar-refractivity contribution < 1.29 is 9.53 Å². The Bertz CT molecular complexity index is 597. The lowest BCUT2D eigenvalue weighted by Crippen LogP contribution is -2.25. The van der Waals surface area contributed by atoms with Crippen molar-refractivity contribution in [2.45, 2.75) is 24.7 Å². The zero-order chi connectivity index (χ0) is 14.0. The Labute approximate surface area is 118 Å². The Kier molecular flexibility index (Phi) is 3.26. The maximum Gasteiger partial charge on any atom is 0.317 e. The number of ether oxygens (including phenoxy) is 1. The summed E-state index contributed by atoms with van der Waals surface area (Å²) in [6.07, 6.45) is 2.54. The molecule has 2 atom stereocenters. The van der Waals surface area contributed by atoms with Gasteiger partial charge in [0.05, 0.1) is 6.61 Å². The fraction of sp³-hybridized carbons (Fsp3) is 0.294. The molecule has 3 nitrogen and oxygen atoms in total. The van der Waals surface area contributed by atoms with Crippen LogP contribution in [0.4, 0.5) is 0 Å². The van der Waals surface area contributed by atoms with E-state index >= 15 is 0 Å². The van der Waals surface area contributed by atoms with E-state index in [1.54, 1.807) is 6.20 Å². The summed E-state index contributed by atoms with van der Waals surface area (Å²) in [6.45, 7) is 2.25. The molecule has 20 heavy (non-hydrogen) atoms. The van der Waals surface area contributed by atoms with Gasteiger partial charge in [-0.1, -0.05) is 36.4 Å². The number of hydrogen-bond donors (Lipinski definition) is 0. The van der Waals surface area contributed by atoms with Gasteiger partial charge in [-0.05, 0) is 31.0 Å². The molecule has 1 fully saturated rings. The first-order valence-electron chi connectivity index (χ1n) is 6.92. The molecule has 0 N–H and O–H groups in total. The van der Waals surface area contributed by atoms with E-state index in [4.69, 9.17) is 4.74 Å². The van der Waals surface area contributed by atoms with Crippen molar-refractivity contribution in [2.75, 3.05) is 6.61 Å². The molecule has 0 aliphatic heterocycles. The van der Waals surface area contributed by atoms with Crippen molar-refractivity contribution in [2.24, 2.45) is 0 Å². The van der Waals surface area contributed by atoms with Crippen molar-refractivity contribution in [1.29, 1.82) is 0 Å². The van der Waals surface area contributed by atoms with Crippen LogP contribution in [0.1, 0.15) is 30.5 Å². The third-order valence-electron chi connectivity index (χ3n) is 3.93. The Balaban J connectivity index is 1.98. The molecule has 1 aliphatic carbocycles. The molecular weight excluding hydrogens is 250 g/mol. The average molecular weight is 267 g/mol. The molecule has 0 radical (unpaired) electrons. The summed E-state index contributed by atoms with van der Waals surface area (Å²) < 4.78 is 5.31. The summed E-state index contributed by atoms with van der Waals surface area (Å²) in [5.41, 5.74) is 1.43. The molecule has 1 heterocycles. The van der Waals surface area contributed by atoms with Gasteiger partial charge in [-0.3, -0.25) is 9.78 Å². The van der Waals surface area contributed by atoms with Crippen molar-refractivity contribution >= 4 is 5.97 Å². The van der Waals surface area contributed by atoms with Crippen LogP contribution in [0.25, 0.3) is 0 Å². The van der Waals surface area contributed by atoms with Crippen molar-refractivity contribution in [3.8, 4) is 0 Å². The highest BCUT2D eigenvalue weighted by atomic mass is 16.5. The first kappa shape index (κ1) is 12.9. The van der Waals surface area contributed by atoms with Crippen LogP contribution < -0.4 is 0 Å². The minimum atomic E-state index is -0.550. The molecule has 1 aromatic carbocycles. The third kappa shape index (κ3) is 1.99. The summed E-state index contributed by atoms with van der Waals surface area (Å²) in [6, 6.07) is 15.7. The summed E-state index contributed by atoms with van der Waals surface area (Å²) in [5.74, 6) is -0.0213. The van der Waals surface area contributed by atoms with Gasteiger partial charge in [-0.2, -0.15) is 0 Å². The van der Waals surface area contributed by atoms with Gasteiger partial charge in [-0.15, -0.1) is 0 Å². The maximum absolute atomic E-state index is 12.5. The molecule has 3 rings (SSSR count). The number of benzene rings is 1. The predicted octanol–water partition coefficient (Wildman–Crippen LogP) is 3.07. The van der Waals surface area contributed by atoms with Gasteiger partial charge in [-0.25, -0.2) is 0 Å². The predicted molar refractivity (Wildman–Crippen MR) is 76.3 cm³/mol. The summed E-state index contributed by atoms with van der Waals surface area (Å²) in [7, 11) is 0. The minimum absolute atomic E-state index is 0.116. The number of carbonyl (C=O) groups is 1. The normalized spacial score (nSPS) is 24.1. The molecule has 0 bridgehead atoms. The molecule has 1 saturated carbocycles. The molecule has 2 unspecified atom stereocenters. The second-order valence-electron chi connectivity index (χ2n) is 5.07. The molecule has 102 valence electrons. The molecule has 0 amide bonds. The van der Waals surface area contributed by atoms with Gasteiger partial charge in [0.25, 0.3) is 0 Å². The van der Waals surface area contributed by atoms with E-state index in [2.05, 4.69) is 4.98 Å². The number of hydrogen-bond acceptors (Lipinski definition) is 3. The largest absolute Gasteiger partial charge is 0.465 e. The first-order chi connectivity index (χ1) is 9.79. The van der Waals surface area contributed by atoms with Gasteiger partial charge in [0, 0.05) is 17.8 Å². The van der Waals surface area contributed by atoms with Crippen LogP contribution in [0.3, 0.4) is 0 Å². The second kappa shape index (κ2) is 5.08. The topological polar surface area (TPSA) is 39.2 Å². The number of aromatic nitrogens is 1. The van der Waals surface area contributed by atoms with Crippen molar-refractivity contribution in [3.63, 3.8) is 0 Å². The van der Waals surface area contributed by atoms with Crippen LogP contribution in [-0.4, -0.2) is 17.6 Å². The molecule has 1 aromatic heterocycles. The van der Waals surface area contributed by atoms with Crippen LogP contribution in [-0.2, 0) is 14.9 Å². The van der Waals surface area contributed by atoms with Crippen LogP contribution >= 0.6 is 0 Å². The van der Waals surface area contributed by atoms with E-state index in [1.807, 2.05) is 55.5 Å². The minimum Gasteiger partial charge on any atom is -0.465 e. The Hall–Kier alpha value is -2.16. The number of pyridine rings is 1. The van der Waals surface area contributed by atoms with E-state index < -0.39 is 5.41 Å². The number of rotatable bonds is 4. The molecule has 2 aromatic rings. The Morgan fingerprint density at radius 3 is 2.65 bits per heavy atom. The molecule has 0 spiro atoms. The molecule has 3 heteroatoms. The third-order valence-corrected chi connectivity index (χ3v) is 3.93. The summed E-state index contributed by atoms with van der Waals surface area (Å²) in [5, 5.41) is 0. The van der Waals surface area contributed by atoms with Crippen LogP contribution in [0.5, 0.6) is 0 Å². The van der Waals surface area contributed by atoms with E-state index in [0.717, 1.165) is 17.7 Å². The number of esters is 1. The monoisotopic (exact) mass is 267 g/mol. The van der Waals surface area contributed by atoms with E-state index in [1.165, 1.54) is 0 Å². The lowest BCUT2D eigenvalue weighted by molar-refractivity contribution is -0.146. The van der Waals surface area contributed by atoms with Crippen LogP contribution in [0.15, 0.2) is 54.7 Å². The number of nitrogens with zero attached hydrogens (tertiary/aromatic N) is 1. The van der Waals surface area contributed by atoms with Crippen LogP contribution in [0, 0.1) is 0 Å². The molecule has 1 aliphatic rings. The quantitative estimate of drug-likeness (QED) is 0.799. The summed E-state index contributed by atoms with van der Waals surface area (Å²) >= 11 is 0. The fourth-order valence-corrected chi connectivity index (χ4v) is 2.86. The maximum atomic E-state index is 12.5. The van der Waals surface area contributed by atoms with Gasteiger partial charge < -0.3 is 4.74 Å². The van der Waals surface area contributed by atoms with Gasteiger partial charge in [0.2, 0.25) is 0 Å². The highest BCUT2D eigenvalue weighted by Crippen LogP contribution is 2.60. The lowest BCUT2D eigenvalue weighted by Gasteiger charge is -2.16. The average Bonchev–Trinajstić information content (AvgIpc) is 3.26. The van der Waals surface area contributed by atoms with E-state index in [0.29, 0.717) is 6.61 Å². The number of carbonyl (C=O) groups excluding carboxylic acids is 1. The van der Waals surface area contributed by atoms with Gasteiger partial charge in [0.1, 0.15) is 5.41 Å². The molecule has 0 saturated heterocycles. The zero-order valence-corrected chi connectivity index (χ0v) is 11.5. The van der Waals surface area contributed by atoms with Crippen molar-refractivity contribution in [1.82, 2.24) is 4.98 Å². The first-order valence-corrected chi connectivity index (χ1v) is 6.92.